The molecule has 0 aliphatic heterocycles. The molecule has 0 saturated carbocycles. The highest BCUT2D eigenvalue weighted by molar-refractivity contribution is 8.00. The average Bonchev–Trinajstić information content (AvgIpc) is 2.37. The first-order valence-electron chi connectivity index (χ1n) is 6.68. The molecule has 20 heavy (non-hydrogen) atoms. The van der Waals surface area contributed by atoms with Crippen LogP contribution in [0.5, 0.6) is 0 Å². The molecule has 110 valence electrons. The second-order valence-corrected chi connectivity index (χ2v) is 5.91. The van der Waals surface area contributed by atoms with Gasteiger partial charge in [-0.05, 0) is 38.8 Å². The molecule has 0 aromatic heterocycles. The van der Waals surface area contributed by atoms with Crippen molar-refractivity contribution in [1.82, 2.24) is 5.32 Å². The van der Waals surface area contributed by atoms with Crippen LogP contribution in [0.4, 0.5) is 0 Å². The molecular formula is C15H21NO3S. The predicted molar refractivity (Wildman–Crippen MR) is 81.0 cm³/mol. The van der Waals surface area contributed by atoms with Crippen LogP contribution in [0.2, 0.25) is 0 Å². The Bertz CT molecular complexity index is 445. The summed E-state index contributed by atoms with van der Waals surface area (Å²) in [5, 5.41) is 11.4. The smallest absolute Gasteiger partial charge is 0.303 e. The van der Waals surface area contributed by atoms with Crippen molar-refractivity contribution >= 4 is 23.6 Å². The molecule has 1 rings (SSSR count). The van der Waals surface area contributed by atoms with Gasteiger partial charge in [0.25, 0.3) is 0 Å². The quantitative estimate of drug-likeness (QED) is 0.724. The van der Waals surface area contributed by atoms with E-state index in [2.05, 4.69) is 5.32 Å². The van der Waals surface area contributed by atoms with Gasteiger partial charge in [0.15, 0.2) is 0 Å². The molecule has 0 bridgehead atoms. The minimum absolute atomic E-state index is 0.0143. The highest BCUT2D eigenvalue weighted by Crippen LogP contribution is 2.17. The number of aliphatic carboxylic acids is 1. The van der Waals surface area contributed by atoms with Crippen molar-refractivity contribution in [3.8, 4) is 0 Å². The topological polar surface area (TPSA) is 66.4 Å². The van der Waals surface area contributed by atoms with Crippen molar-refractivity contribution in [3.05, 3.63) is 29.8 Å². The Morgan fingerprint density at radius 3 is 2.55 bits per heavy atom. The van der Waals surface area contributed by atoms with Crippen LogP contribution in [0.15, 0.2) is 29.2 Å². The van der Waals surface area contributed by atoms with Gasteiger partial charge in [-0.25, -0.2) is 0 Å². The van der Waals surface area contributed by atoms with E-state index in [1.54, 1.807) is 0 Å². The maximum Gasteiger partial charge on any atom is 0.303 e. The second-order valence-electron chi connectivity index (χ2n) is 4.86. The first kappa shape index (κ1) is 16.6. The van der Waals surface area contributed by atoms with Gasteiger partial charge < -0.3 is 10.4 Å². The molecule has 5 heteroatoms. The average molecular weight is 295 g/mol. The van der Waals surface area contributed by atoms with Crippen LogP contribution >= 0.6 is 11.8 Å². The Morgan fingerprint density at radius 1 is 1.30 bits per heavy atom. The summed E-state index contributed by atoms with van der Waals surface area (Å²) in [6, 6.07) is 8.07. The number of nitrogens with one attached hydrogen (secondary N) is 1. The van der Waals surface area contributed by atoms with Crippen molar-refractivity contribution in [2.24, 2.45) is 0 Å². The van der Waals surface area contributed by atoms with Crippen LogP contribution in [0, 0.1) is 6.92 Å². The van der Waals surface area contributed by atoms with Crippen LogP contribution in [0.1, 0.15) is 31.7 Å². The summed E-state index contributed by atoms with van der Waals surface area (Å²) < 4.78 is 0. The van der Waals surface area contributed by atoms with Gasteiger partial charge in [0.2, 0.25) is 5.91 Å². The van der Waals surface area contributed by atoms with Gasteiger partial charge in [0, 0.05) is 17.4 Å². The SMILES string of the molecule is Cc1ccc(SCC(=O)NC(C)CCCC(=O)O)cc1. The van der Waals surface area contributed by atoms with Crippen molar-refractivity contribution < 1.29 is 14.7 Å². The van der Waals surface area contributed by atoms with Crippen LogP contribution in [0.3, 0.4) is 0 Å². The van der Waals surface area contributed by atoms with Crippen LogP contribution in [-0.2, 0) is 9.59 Å². The fourth-order valence-corrected chi connectivity index (χ4v) is 2.44. The van der Waals surface area contributed by atoms with Gasteiger partial charge in [-0.15, -0.1) is 11.8 Å². The summed E-state index contributed by atoms with van der Waals surface area (Å²) >= 11 is 1.50. The summed E-state index contributed by atoms with van der Waals surface area (Å²) in [4.78, 5) is 23.2. The van der Waals surface area contributed by atoms with E-state index < -0.39 is 5.97 Å². The summed E-state index contributed by atoms with van der Waals surface area (Å²) in [6.07, 6.45) is 1.42. The molecule has 1 atom stereocenters. The molecular weight excluding hydrogens is 274 g/mol. The Hall–Kier alpha value is -1.49. The number of hydrogen-bond acceptors (Lipinski definition) is 3. The van der Waals surface area contributed by atoms with Gasteiger partial charge >= 0.3 is 5.97 Å². The zero-order valence-electron chi connectivity index (χ0n) is 11.9. The molecule has 1 amide bonds. The number of amides is 1. The molecule has 0 radical (unpaired) electrons. The lowest BCUT2D eigenvalue weighted by molar-refractivity contribution is -0.137. The molecule has 0 spiro atoms. The number of thioether (sulfide) groups is 1. The molecule has 2 N–H and O–H groups in total. The lowest BCUT2D eigenvalue weighted by Crippen LogP contribution is -2.33. The number of aryl methyl sites for hydroxylation is 1. The molecule has 0 fully saturated rings. The molecule has 0 aliphatic rings. The fourth-order valence-electron chi connectivity index (χ4n) is 1.73. The standard InChI is InChI=1S/C15H21NO3S/c1-11-6-8-13(9-7-11)20-10-14(17)16-12(2)4-3-5-15(18)19/h6-9,12H,3-5,10H2,1-2H3,(H,16,17)(H,18,19). The third kappa shape index (κ3) is 7.19. The first-order valence-corrected chi connectivity index (χ1v) is 7.66. The minimum Gasteiger partial charge on any atom is -0.481 e. The van der Waals surface area contributed by atoms with E-state index in [4.69, 9.17) is 5.11 Å². The van der Waals surface area contributed by atoms with E-state index in [1.165, 1.54) is 17.3 Å². The number of benzene rings is 1. The van der Waals surface area contributed by atoms with Gasteiger partial charge in [-0.2, -0.15) is 0 Å². The van der Waals surface area contributed by atoms with Crippen LogP contribution in [-0.4, -0.2) is 28.8 Å². The van der Waals surface area contributed by atoms with E-state index in [-0.39, 0.29) is 18.4 Å². The first-order chi connectivity index (χ1) is 9.47. The van der Waals surface area contributed by atoms with E-state index >= 15 is 0 Å². The summed E-state index contributed by atoms with van der Waals surface area (Å²) in [5.74, 6) is -0.427. The third-order valence-electron chi connectivity index (χ3n) is 2.83. The predicted octanol–water partition coefficient (Wildman–Crippen LogP) is 2.85. The lowest BCUT2D eigenvalue weighted by atomic mass is 10.1. The molecule has 1 aromatic carbocycles. The highest BCUT2D eigenvalue weighted by Gasteiger charge is 2.08. The Balaban J connectivity index is 2.22. The van der Waals surface area contributed by atoms with Crippen LogP contribution in [0.25, 0.3) is 0 Å². The zero-order valence-corrected chi connectivity index (χ0v) is 12.7. The molecule has 1 aromatic rings. The number of hydrogen-bond donors (Lipinski definition) is 2. The van der Waals surface area contributed by atoms with Gasteiger partial charge in [0.1, 0.15) is 0 Å². The van der Waals surface area contributed by atoms with E-state index in [0.29, 0.717) is 18.6 Å². The fraction of sp³-hybridized carbons (Fsp3) is 0.467. The molecule has 0 heterocycles. The van der Waals surface area contributed by atoms with Crippen molar-refractivity contribution in [2.75, 3.05) is 5.75 Å². The lowest BCUT2D eigenvalue weighted by Gasteiger charge is -2.13. The van der Waals surface area contributed by atoms with Crippen LogP contribution < -0.4 is 5.32 Å². The number of carboxylic acid groups (broad SMARTS) is 1. The number of carbonyl (C=O) groups excluding carboxylic acids is 1. The Morgan fingerprint density at radius 2 is 1.95 bits per heavy atom. The number of rotatable bonds is 8. The van der Waals surface area contributed by atoms with Crippen molar-refractivity contribution in [2.45, 2.75) is 44.0 Å². The molecule has 4 nitrogen and oxygen atoms in total. The normalized spacial score (nSPS) is 11.9. The summed E-state index contributed by atoms with van der Waals surface area (Å²) in [7, 11) is 0. The monoisotopic (exact) mass is 295 g/mol. The zero-order chi connectivity index (χ0) is 15.0. The summed E-state index contributed by atoms with van der Waals surface area (Å²) in [6.45, 7) is 3.93. The summed E-state index contributed by atoms with van der Waals surface area (Å²) in [5.41, 5.74) is 1.20. The number of carbonyl (C=O) groups is 2. The van der Waals surface area contributed by atoms with Gasteiger partial charge in [-0.1, -0.05) is 17.7 Å². The third-order valence-corrected chi connectivity index (χ3v) is 3.84. The number of carboxylic acids is 1. The molecule has 1 unspecified atom stereocenters. The van der Waals surface area contributed by atoms with Crippen molar-refractivity contribution in [1.29, 1.82) is 0 Å². The Labute approximate surface area is 124 Å². The molecule has 0 saturated heterocycles. The molecule has 0 aliphatic carbocycles. The largest absolute Gasteiger partial charge is 0.481 e. The van der Waals surface area contributed by atoms with Gasteiger partial charge in [-0.3, -0.25) is 9.59 Å². The second kappa shape index (κ2) is 8.64. The maximum absolute atomic E-state index is 11.7. The van der Waals surface area contributed by atoms with Crippen molar-refractivity contribution in [3.63, 3.8) is 0 Å². The van der Waals surface area contributed by atoms with E-state index in [1.807, 2.05) is 38.1 Å². The Kier molecular flexibility index (Phi) is 7.15. The van der Waals surface area contributed by atoms with Gasteiger partial charge in [0.05, 0.1) is 5.75 Å². The maximum atomic E-state index is 11.7. The highest BCUT2D eigenvalue weighted by atomic mass is 32.2. The minimum atomic E-state index is -0.793. The van der Waals surface area contributed by atoms with E-state index in [9.17, 15) is 9.59 Å². The van der Waals surface area contributed by atoms with E-state index in [0.717, 1.165) is 4.90 Å².